The lowest BCUT2D eigenvalue weighted by Gasteiger charge is -2.07. The van der Waals surface area contributed by atoms with Crippen LogP contribution < -0.4 is 20.5 Å². The monoisotopic (exact) mass is 426 g/mol. The molecule has 8 nitrogen and oxygen atoms in total. The number of hydrogen-bond acceptors (Lipinski definition) is 10. The third-order valence-electron chi connectivity index (χ3n) is 3.95. The molecule has 4 aromatic rings. The summed E-state index contributed by atoms with van der Waals surface area (Å²) < 4.78 is 12.4. The zero-order valence-electron chi connectivity index (χ0n) is 15.7. The fourth-order valence-corrected chi connectivity index (χ4v) is 4.47. The predicted octanol–water partition coefficient (Wildman–Crippen LogP) is 4.12. The number of benzene rings is 2. The van der Waals surface area contributed by atoms with Gasteiger partial charge in [-0.05, 0) is 36.4 Å². The van der Waals surface area contributed by atoms with Crippen molar-refractivity contribution in [3.8, 4) is 11.5 Å². The number of nitrogens with zero attached hydrogens (tertiary/aromatic N) is 4. The highest BCUT2D eigenvalue weighted by Gasteiger charge is 2.10. The van der Waals surface area contributed by atoms with Gasteiger partial charge in [0.05, 0.1) is 30.2 Å². The van der Waals surface area contributed by atoms with Crippen molar-refractivity contribution in [3.63, 3.8) is 0 Å². The molecule has 2 heterocycles. The van der Waals surface area contributed by atoms with E-state index < -0.39 is 0 Å². The van der Waals surface area contributed by atoms with Crippen LogP contribution >= 0.6 is 23.1 Å². The first kappa shape index (κ1) is 19.2. The molecule has 4 rings (SSSR count). The van der Waals surface area contributed by atoms with Crippen LogP contribution in [-0.2, 0) is 5.75 Å². The molecule has 0 saturated heterocycles. The normalized spacial score (nSPS) is 10.8. The summed E-state index contributed by atoms with van der Waals surface area (Å²) in [6, 6.07) is 13.3. The minimum absolute atomic E-state index is 0.167. The Hall–Kier alpha value is -3.11. The molecule has 0 amide bonds. The molecule has 0 saturated carbocycles. The van der Waals surface area contributed by atoms with Gasteiger partial charge >= 0.3 is 0 Å². The molecule has 29 heavy (non-hydrogen) atoms. The number of hydrogen-bond donors (Lipinski definition) is 2. The van der Waals surface area contributed by atoms with Gasteiger partial charge in [0.15, 0.2) is 4.34 Å². The maximum atomic E-state index is 5.86. The summed E-state index contributed by atoms with van der Waals surface area (Å²) in [4.78, 5) is 17.5. The van der Waals surface area contributed by atoms with E-state index in [1.54, 1.807) is 37.3 Å². The number of aromatic nitrogens is 4. The first-order chi connectivity index (χ1) is 14.1. The van der Waals surface area contributed by atoms with Gasteiger partial charge in [0, 0.05) is 11.8 Å². The Bertz CT molecular complexity index is 1130. The lowest BCUT2D eigenvalue weighted by Crippen LogP contribution is -2.06. The van der Waals surface area contributed by atoms with E-state index in [4.69, 9.17) is 15.2 Å². The summed E-state index contributed by atoms with van der Waals surface area (Å²) in [5, 5.41) is 3.13. The van der Waals surface area contributed by atoms with Crippen LogP contribution in [0.2, 0.25) is 0 Å². The summed E-state index contributed by atoms with van der Waals surface area (Å²) >= 11 is 3.17. The van der Waals surface area contributed by atoms with Crippen molar-refractivity contribution in [3.05, 3.63) is 48.3 Å². The molecular weight excluding hydrogens is 408 g/mol. The highest BCUT2D eigenvalue weighted by molar-refractivity contribution is 8.00. The lowest BCUT2D eigenvalue weighted by molar-refractivity contribution is 0.415. The van der Waals surface area contributed by atoms with Gasteiger partial charge in [-0.3, -0.25) is 0 Å². The van der Waals surface area contributed by atoms with Crippen molar-refractivity contribution >= 4 is 50.9 Å². The second-order valence-corrected chi connectivity index (χ2v) is 8.14. The number of anilines is 3. The zero-order valence-corrected chi connectivity index (χ0v) is 17.4. The third-order valence-corrected chi connectivity index (χ3v) is 6.12. The van der Waals surface area contributed by atoms with Crippen molar-refractivity contribution in [2.75, 3.05) is 25.3 Å². The smallest absolute Gasteiger partial charge is 0.232 e. The molecule has 2 aromatic carbocycles. The van der Waals surface area contributed by atoms with Crippen molar-refractivity contribution < 1.29 is 9.47 Å². The van der Waals surface area contributed by atoms with Crippen molar-refractivity contribution in [1.82, 2.24) is 19.9 Å². The Balaban J connectivity index is 1.47. The van der Waals surface area contributed by atoms with Crippen molar-refractivity contribution in [2.24, 2.45) is 0 Å². The molecule has 0 aliphatic heterocycles. The molecule has 3 N–H and O–H groups in total. The van der Waals surface area contributed by atoms with Gasteiger partial charge in [-0.1, -0.05) is 11.8 Å². The number of ether oxygens (including phenoxy) is 2. The van der Waals surface area contributed by atoms with Crippen LogP contribution in [0.25, 0.3) is 10.2 Å². The molecule has 148 valence electrons. The summed E-state index contributed by atoms with van der Waals surface area (Å²) in [5.41, 5.74) is 7.60. The van der Waals surface area contributed by atoms with E-state index in [0.717, 1.165) is 31.7 Å². The van der Waals surface area contributed by atoms with Crippen molar-refractivity contribution in [2.45, 2.75) is 10.1 Å². The summed E-state index contributed by atoms with van der Waals surface area (Å²) in [7, 11) is 3.27. The van der Waals surface area contributed by atoms with Gasteiger partial charge in [0.2, 0.25) is 11.9 Å². The number of fused-ring (bicyclic) bond motifs is 1. The van der Waals surface area contributed by atoms with Crippen LogP contribution in [0.15, 0.2) is 46.8 Å². The van der Waals surface area contributed by atoms with Crippen molar-refractivity contribution in [1.29, 1.82) is 0 Å². The molecule has 0 aliphatic rings. The lowest BCUT2D eigenvalue weighted by atomic mass is 10.3. The van der Waals surface area contributed by atoms with Crippen LogP contribution in [0.5, 0.6) is 11.5 Å². The molecular formula is C19H18N6O2S2. The largest absolute Gasteiger partial charge is 0.497 e. The van der Waals surface area contributed by atoms with E-state index in [2.05, 4.69) is 25.3 Å². The molecule has 2 aromatic heterocycles. The Morgan fingerprint density at radius 2 is 1.72 bits per heavy atom. The van der Waals surface area contributed by atoms with Gasteiger partial charge < -0.3 is 20.5 Å². The SMILES string of the molecule is COc1ccc(Nc2nc(N)nc(CSc3nc4cc(OC)ccc4s3)n2)cc1. The molecule has 0 atom stereocenters. The topological polar surface area (TPSA) is 108 Å². The van der Waals surface area contributed by atoms with E-state index >= 15 is 0 Å². The number of nitrogen functional groups attached to an aromatic ring is 1. The van der Waals surface area contributed by atoms with E-state index in [-0.39, 0.29) is 5.95 Å². The highest BCUT2D eigenvalue weighted by Crippen LogP contribution is 2.33. The quantitative estimate of drug-likeness (QED) is 0.422. The summed E-state index contributed by atoms with van der Waals surface area (Å²) in [6.45, 7) is 0. The number of methoxy groups -OCH3 is 2. The standard InChI is InChI=1S/C19H18N6O2S2/c1-26-12-5-3-11(4-6-12)21-18-24-16(23-17(20)25-18)10-28-19-22-14-9-13(27-2)7-8-15(14)29-19/h3-9H,10H2,1-2H3,(H3,20,21,23,24,25). The molecule has 0 bridgehead atoms. The Labute approximate surface area is 175 Å². The van der Waals surface area contributed by atoms with Crippen LogP contribution in [0.4, 0.5) is 17.6 Å². The molecule has 0 radical (unpaired) electrons. The minimum Gasteiger partial charge on any atom is -0.497 e. The molecule has 0 fully saturated rings. The van der Waals surface area contributed by atoms with E-state index in [1.807, 2.05) is 42.5 Å². The number of nitrogens with one attached hydrogen (secondary N) is 1. The van der Waals surface area contributed by atoms with E-state index in [1.165, 1.54) is 0 Å². The third kappa shape index (κ3) is 4.66. The first-order valence-electron chi connectivity index (χ1n) is 8.62. The van der Waals surface area contributed by atoms with Gasteiger partial charge in [0.1, 0.15) is 17.3 Å². The number of nitrogens with two attached hydrogens (primary N) is 1. The minimum atomic E-state index is 0.167. The van der Waals surface area contributed by atoms with Crippen LogP contribution in [0.3, 0.4) is 0 Å². The average Bonchev–Trinajstić information content (AvgIpc) is 3.14. The fraction of sp³-hybridized carbons (Fsp3) is 0.158. The fourth-order valence-electron chi connectivity index (χ4n) is 2.56. The summed E-state index contributed by atoms with van der Waals surface area (Å²) in [5.74, 6) is 3.24. The van der Waals surface area contributed by atoms with Crippen LogP contribution in [-0.4, -0.2) is 34.2 Å². The number of rotatable bonds is 7. The van der Waals surface area contributed by atoms with Crippen LogP contribution in [0.1, 0.15) is 5.82 Å². The predicted molar refractivity (Wildman–Crippen MR) is 116 cm³/mol. The summed E-state index contributed by atoms with van der Waals surface area (Å²) in [6.07, 6.45) is 0. The zero-order chi connectivity index (χ0) is 20.2. The molecule has 0 spiro atoms. The maximum absolute atomic E-state index is 5.86. The highest BCUT2D eigenvalue weighted by atomic mass is 32.2. The molecule has 10 heteroatoms. The molecule has 0 aliphatic carbocycles. The van der Waals surface area contributed by atoms with Gasteiger partial charge in [-0.2, -0.15) is 15.0 Å². The second kappa shape index (κ2) is 8.50. The van der Waals surface area contributed by atoms with Crippen LogP contribution in [0, 0.1) is 0 Å². The Morgan fingerprint density at radius 1 is 0.966 bits per heavy atom. The molecule has 0 unspecified atom stereocenters. The maximum Gasteiger partial charge on any atom is 0.232 e. The second-order valence-electron chi connectivity index (χ2n) is 5.89. The number of thioether (sulfide) groups is 1. The van der Waals surface area contributed by atoms with E-state index in [0.29, 0.717) is 17.5 Å². The van der Waals surface area contributed by atoms with E-state index in [9.17, 15) is 0 Å². The Morgan fingerprint density at radius 3 is 2.48 bits per heavy atom. The van der Waals surface area contributed by atoms with Gasteiger partial charge in [-0.15, -0.1) is 11.3 Å². The Kier molecular flexibility index (Phi) is 5.63. The van der Waals surface area contributed by atoms with Gasteiger partial charge in [0.25, 0.3) is 0 Å². The average molecular weight is 427 g/mol. The first-order valence-corrected chi connectivity index (χ1v) is 10.4. The van der Waals surface area contributed by atoms with Gasteiger partial charge in [-0.25, -0.2) is 4.98 Å². The number of thiazole rings is 1.